The van der Waals surface area contributed by atoms with Crippen molar-refractivity contribution in [3.8, 4) is 6.07 Å². The van der Waals surface area contributed by atoms with Crippen LogP contribution >= 0.6 is 11.3 Å². The maximum Gasteiger partial charge on any atom is 0.393 e. The van der Waals surface area contributed by atoms with Crippen molar-refractivity contribution in [2.75, 3.05) is 6.54 Å². The van der Waals surface area contributed by atoms with Crippen LogP contribution in [0.15, 0.2) is 29.8 Å². The van der Waals surface area contributed by atoms with E-state index in [0.717, 1.165) is 11.3 Å². The molecule has 40 heavy (non-hydrogen) atoms. The third kappa shape index (κ3) is 6.09. The lowest BCUT2D eigenvalue weighted by atomic mass is 9.81. The number of carbonyl (C=O) groups excluding carboxylic acids is 2. The van der Waals surface area contributed by atoms with Crippen LogP contribution in [-0.2, 0) is 11.2 Å². The highest BCUT2D eigenvalue weighted by Crippen LogP contribution is 2.41. The van der Waals surface area contributed by atoms with Gasteiger partial charge in [0.25, 0.3) is 5.91 Å². The Kier molecular flexibility index (Phi) is 7.52. The summed E-state index contributed by atoms with van der Waals surface area (Å²) in [7, 11) is 0. The topological polar surface area (TPSA) is 112 Å². The summed E-state index contributed by atoms with van der Waals surface area (Å²) in [6.07, 6.45) is -3.50. The predicted molar refractivity (Wildman–Crippen MR) is 133 cm³/mol. The summed E-state index contributed by atoms with van der Waals surface area (Å²) in [5.41, 5.74) is 1.46. The van der Waals surface area contributed by atoms with E-state index in [1.165, 1.54) is 10.6 Å². The number of thiophene rings is 1. The summed E-state index contributed by atoms with van der Waals surface area (Å²) >= 11 is 1.12. The number of aromatic nitrogens is 3. The molecule has 2 amide bonds. The number of nitriles is 1. The Morgan fingerprint density at radius 3 is 2.73 bits per heavy atom. The normalized spacial score (nSPS) is 22.4. The lowest BCUT2D eigenvalue weighted by molar-refractivity contribution is -0.183. The molecule has 0 radical (unpaired) electrons. The number of hydrogen-bond acceptors (Lipinski definition) is 6. The molecule has 0 bridgehead atoms. The van der Waals surface area contributed by atoms with Crippen LogP contribution in [0.3, 0.4) is 0 Å². The highest BCUT2D eigenvalue weighted by atomic mass is 32.1. The number of hydrogen-bond donors (Lipinski definition) is 2. The minimum Gasteiger partial charge on any atom is -0.355 e. The van der Waals surface area contributed by atoms with E-state index in [0.29, 0.717) is 21.9 Å². The van der Waals surface area contributed by atoms with E-state index in [2.05, 4.69) is 20.7 Å². The molecule has 3 aromatic rings. The van der Waals surface area contributed by atoms with Crippen LogP contribution in [0.5, 0.6) is 0 Å². The van der Waals surface area contributed by atoms with Crippen molar-refractivity contribution in [2.45, 2.75) is 56.7 Å². The van der Waals surface area contributed by atoms with Crippen molar-refractivity contribution in [3.63, 3.8) is 0 Å². The molecule has 1 saturated heterocycles. The summed E-state index contributed by atoms with van der Waals surface area (Å²) in [6, 6.07) is 5.91. The lowest BCUT2D eigenvalue weighted by Gasteiger charge is -2.33. The maximum absolute atomic E-state index is 13.9. The van der Waals surface area contributed by atoms with Crippen LogP contribution in [0.25, 0.3) is 5.65 Å². The first-order valence-electron chi connectivity index (χ1n) is 12.8. The molecule has 1 saturated carbocycles. The minimum absolute atomic E-state index is 0.000872. The number of fused-ring (bicyclic) bond motifs is 1. The van der Waals surface area contributed by atoms with Gasteiger partial charge < -0.3 is 10.6 Å². The third-order valence-corrected chi connectivity index (χ3v) is 8.42. The van der Waals surface area contributed by atoms with E-state index in [4.69, 9.17) is 5.26 Å². The van der Waals surface area contributed by atoms with Gasteiger partial charge in [-0.05, 0) is 43.4 Å². The molecule has 2 unspecified atom stereocenters. The first kappa shape index (κ1) is 27.9. The third-order valence-electron chi connectivity index (χ3n) is 7.59. The molecule has 0 spiro atoms. The molecular formula is C26H25F5N6O2S. The Labute approximate surface area is 229 Å². The van der Waals surface area contributed by atoms with Crippen molar-refractivity contribution in [2.24, 2.45) is 17.8 Å². The number of halogens is 5. The Morgan fingerprint density at radius 1 is 1.30 bits per heavy atom. The summed E-state index contributed by atoms with van der Waals surface area (Å²) < 4.78 is 68.9. The average Bonchev–Trinajstić information content (AvgIpc) is 3.55. The Morgan fingerprint density at radius 2 is 2.05 bits per heavy atom. The van der Waals surface area contributed by atoms with Crippen molar-refractivity contribution in [3.05, 3.63) is 51.6 Å². The molecule has 3 atom stereocenters. The molecule has 4 heterocycles. The average molecular weight is 581 g/mol. The molecule has 1 aliphatic carbocycles. The Bertz CT molecular complexity index is 1450. The van der Waals surface area contributed by atoms with Crippen LogP contribution in [0.2, 0.25) is 0 Å². The number of carbonyl (C=O) groups is 2. The zero-order valence-corrected chi connectivity index (χ0v) is 21.9. The second kappa shape index (κ2) is 10.8. The zero-order chi connectivity index (χ0) is 28.7. The summed E-state index contributed by atoms with van der Waals surface area (Å²) in [5.74, 6) is -6.54. The van der Waals surface area contributed by atoms with E-state index in [1.54, 1.807) is 23.7 Å². The van der Waals surface area contributed by atoms with Crippen LogP contribution < -0.4 is 10.6 Å². The first-order valence-corrected chi connectivity index (χ1v) is 13.7. The van der Waals surface area contributed by atoms with Crippen molar-refractivity contribution < 1.29 is 31.5 Å². The fourth-order valence-corrected chi connectivity index (χ4v) is 6.02. The van der Waals surface area contributed by atoms with Crippen LogP contribution in [0.1, 0.15) is 64.8 Å². The van der Waals surface area contributed by atoms with Gasteiger partial charge in [-0.3, -0.25) is 9.59 Å². The van der Waals surface area contributed by atoms with Crippen molar-refractivity contribution in [1.29, 1.82) is 5.26 Å². The van der Waals surface area contributed by atoms with Gasteiger partial charge in [0.05, 0.1) is 35.1 Å². The van der Waals surface area contributed by atoms with Gasteiger partial charge in [-0.15, -0.1) is 11.3 Å². The minimum atomic E-state index is -4.41. The highest BCUT2D eigenvalue weighted by Gasteiger charge is 2.45. The van der Waals surface area contributed by atoms with Gasteiger partial charge in [-0.25, -0.2) is 18.3 Å². The number of imidazole rings is 1. The van der Waals surface area contributed by atoms with Gasteiger partial charge >= 0.3 is 6.18 Å². The Hall–Kier alpha value is -3.60. The summed E-state index contributed by atoms with van der Waals surface area (Å²) in [4.78, 5) is 30.2. The van der Waals surface area contributed by atoms with Gasteiger partial charge in [0.1, 0.15) is 10.9 Å². The summed E-state index contributed by atoms with van der Waals surface area (Å²) in [6.45, 7) is -0.445. The van der Waals surface area contributed by atoms with E-state index in [-0.39, 0.29) is 50.0 Å². The van der Waals surface area contributed by atoms with E-state index in [9.17, 15) is 31.5 Å². The molecule has 2 aliphatic rings. The number of alkyl halides is 5. The molecule has 14 heteroatoms. The van der Waals surface area contributed by atoms with Gasteiger partial charge in [0.2, 0.25) is 11.8 Å². The second-order valence-corrected chi connectivity index (χ2v) is 11.3. The number of amides is 2. The fourth-order valence-electron chi connectivity index (χ4n) is 5.35. The van der Waals surface area contributed by atoms with Crippen molar-refractivity contribution in [1.82, 2.24) is 25.2 Å². The fraction of sp³-hybridized carbons (Fsp3) is 0.500. The van der Waals surface area contributed by atoms with Crippen LogP contribution in [-0.4, -0.2) is 45.1 Å². The first-order chi connectivity index (χ1) is 18.9. The molecule has 3 aromatic heterocycles. The summed E-state index contributed by atoms with van der Waals surface area (Å²) in [5, 5.41) is 20.3. The predicted octanol–water partition coefficient (Wildman–Crippen LogP) is 4.82. The number of nitrogens with zero attached hydrogens (tertiary/aromatic N) is 4. The standard InChI is InChI=1S/C26H25F5N6O2S/c27-25(28)5-3-14(4-6-25)22(35-24(39)16-9-19(10-32)40-13-16)20-12-37-21(34-20)2-1-18(36-37)8-15-7-17(26(29,30)31)11-33-23(15)38/h1-2,9,12-15,17,22H,3-8,11H2,(H,33,38)(H,35,39)/t15?,17-,22?/m1/s1. The molecule has 0 aromatic carbocycles. The lowest BCUT2D eigenvalue weighted by Crippen LogP contribution is -2.47. The van der Waals surface area contributed by atoms with E-state index in [1.807, 2.05) is 6.07 Å². The van der Waals surface area contributed by atoms with Gasteiger partial charge in [-0.1, -0.05) is 0 Å². The SMILES string of the molecule is N#Cc1cc(C(=O)NC(c2cn3nc(CC4C[C@@H](C(F)(F)F)CNC4=O)ccc3n2)C2CCC(F)(F)CC2)cs1. The maximum atomic E-state index is 13.9. The molecule has 2 N–H and O–H groups in total. The molecular weight excluding hydrogens is 555 g/mol. The van der Waals surface area contributed by atoms with Gasteiger partial charge in [0.15, 0.2) is 5.65 Å². The number of piperidine rings is 1. The van der Waals surface area contributed by atoms with Crippen LogP contribution in [0.4, 0.5) is 22.0 Å². The molecule has 5 rings (SSSR count). The highest BCUT2D eigenvalue weighted by molar-refractivity contribution is 7.10. The monoisotopic (exact) mass is 580 g/mol. The van der Waals surface area contributed by atoms with Gasteiger partial charge in [-0.2, -0.15) is 23.5 Å². The molecule has 1 aliphatic heterocycles. The second-order valence-electron chi connectivity index (χ2n) is 10.4. The molecule has 2 fully saturated rings. The number of rotatable bonds is 6. The van der Waals surface area contributed by atoms with Crippen molar-refractivity contribution >= 4 is 28.8 Å². The van der Waals surface area contributed by atoms with Gasteiger partial charge in [0, 0.05) is 37.1 Å². The smallest absolute Gasteiger partial charge is 0.355 e. The molecule has 212 valence electrons. The largest absolute Gasteiger partial charge is 0.393 e. The zero-order valence-electron chi connectivity index (χ0n) is 21.0. The quantitative estimate of drug-likeness (QED) is 0.407. The van der Waals surface area contributed by atoms with E-state index >= 15 is 0 Å². The van der Waals surface area contributed by atoms with E-state index < -0.39 is 48.3 Å². The Balaban J connectivity index is 1.39. The molecule has 8 nitrogen and oxygen atoms in total. The van der Waals surface area contributed by atoms with Crippen LogP contribution in [0, 0.1) is 29.1 Å². The number of nitrogens with one attached hydrogen (secondary N) is 2.